The molecule has 3 heteroatoms. The van der Waals surface area contributed by atoms with Gasteiger partial charge in [-0.1, -0.05) is 25.5 Å². The van der Waals surface area contributed by atoms with Crippen LogP contribution < -0.4 is 0 Å². The van der Waals surface area contributed by atoms with Crippen molar-refractivity contribution in [2.45, 2.75) is 90.1 Å². The van der Waals surface area contributed by atoms with Gasteiger partial charge in [0.1, 0.15) is 0 Å². The van der Waals surface area contributed by atoms with E-state index in [0.717, 1.165) is 32.1 Å². The molecular weight excluding hydrogens is 288 g/mol. The van der Waals surface area contributed by atoms with Crippen molar-refractivity contribution in [3.05, 3.63) is 11.6 Å². The van der Waals surface area contributed by atoms with E-state index in [-0.39, 0.29) is 24.0 Å². The fourth-order valence-corrected chi connectivity index (χ4v) is 5.59. The largest absolute Gasteiger partial charge is 0.390 e. The Morgan fingerprint density at radius 2 is 1.87 bits per heavy atom. The summed E-state index contributed by atoms with van der Waals surface area (Å²) >= 11 is 0. The SMILES string of the molecule is CC1=CCCC(C)(O)C2OC(C1)C1C2C(C(C)C)CCC1(C)O. The molecule has 1 saturated carbocycles. The van der Waals surface area contributed by atoms with Crippen molar-refractivity contribution >= 4 is 0 Å². The zero-order valence-electron chi connectivity index (χ0n) is 15.4. The van der Waals surface area contributed by atoms with E-state index in [4.69, 9.17) is 4.74 Å². The quantitative estimate of drug-likeness (QED) is 0.724. The van der Waals surface area contributed by atoms with Gasteiger partial charge < -0.3 is 14.9 Å². The van der Waals surface area contributed by atoms with Crippen molar-refractivity contribution in [3.8, 4) is 0 Å². The summed E-state index contributed by atoms with van der Waals surface area (Å²) in [5, 5.41) is 22.3. The van der Waals surface area contributed by atoms with Gasteiger partial charge in [0.2, 0.25) is 0 Å². The van der Waals surface area contributed by atoms with Gasteiger partial charge in [-0.05, 0) is 70.6 Å². The molecule has 23 heavy (non-hydrogen) atoms. The highest BCUT2D eigenvalue weighted by Gasteiger charge is 2.61. The minimum absolute atomic E-state index is 0.0300. The van der Waals surface area contributed by atoms with Crippen LogP contribution in [-0.2, 0) is 4.74 Å². The predicted molar refractivity (Wildman–Crippen MR) is 92.1 cm³/mol. The van der Waals surface area contributed by atoms with Gasteiger partial charge in [0.05, 0.1) is 23.4 Å². The molecule has 3 rings (SSSR count). The Balaban J connectivity index is 2.05. The van der Waals surface area contributed by atoms with E-state index in [1.54, 1.807) is 0 Å². The van der Waals surface area contributed by atoms with Crippen LogP contribution in [0.2, 0.25) is 0 Å². The van der Waals surface area contributed by atoms with E-state index in [1.807, 2.05) is 13.8 Å². The lowest BCUT2D eigenvalue weighted by Gasteiger charge is -2.48. The number of hydrogen-bond acceptors (Lipinski definition) is 3. The second kappa shape index (κ2) is 5.86. The number of allylic oxidation sites excluding steroid dienone is 1. The van der Waals surface area contributed by atoms with Gasteiger partial charge in [-0.3, -0.25) is 0 Å². The predicted octanol–water partition coefficient (Wildman–Crippen LogP) is 3.68. The van der Waals surface area contributed by atoms with Gasteiger partial charge in [-0.25, -0.2) is 0 Å². The normalized spacial score (nSPS) is 50.8. The molecule has 0 spiro atoms. The third-order valence-corrected chi connectivity index (χ3v) is 6.82. The summed E-state index contributed by atoms with van der Waals surface area (Å²) in [6.07, 6.45) is 6.51. The molecule has 3 aliphatic rings. The first-order chi connectivity index (χ1) is 10.6. The van der Waals surface area contributed by atoms with Crippen LogP contribution in [0, 0.1) is 23.7 Å². The lowest BCUT2D eigenvalue weighted by atomic mass is 9.58. The van der Waals surface area contributed by atoms with E-state index in [2.05, 4.69) is 26.8 Å². The summed E-state index contributed by atoms with van der Waals surface area (Å²) in [6, 6.07) is 0. The minimum atomic E-state index is -0.820. The molecule has 1 aliphatic carbocycles. The Morgan fingerprint density at radius 1 is 1.17 bits per heavy atom. The first kappa shape index (κ1) is 17.4. The molecule has 7 unspecified atom stereocenters. The average Bonchev–Trinajstić information content (AvgIpc) is 2.80. The molecule has 2 N–H and O–H groups in total. The monoisotopic (exact) mass is 322 g/mol. The van der Waals surface area contributed by atoms with E-state index < -0.39 is 11.2 Å². The summed E-state index contributed by atoms with van der Waals surface area (Å²) in [5.74, 6) is 1.45. The van der Waals surface area contributed by atoms with E-state index >= 15 is 0 Å². The second-order valence-electron chi connectivity index (χ2n) is 9.15. The average molecular weight is 322 g/mol. The number of ether oxygens (including phenoxy) is 1. The summed E-state index contributed by atoms with van der Waals surface area (Å²) in [4.78, 5) is 0. The van der Waals surface area contributed by atoms with Gasteiger partial charge in [-0.15, -0.1) is 0 Å². The molecule has 0 aromatic heterocycles. The van der Waals surface area contributed by atoms with Crippen LogP contribution in [0.1, 0.15) is 66.7 Å². The zero-order chi connectivity index (χ0) is 17.0. The van der Waals surface area contributed by atoms with Gasteiger partial charge in [0.15, 0.2) is 0 Å². The molecule has 1 saturated heterocycles. The van der Waals surface area contributed by atoms with Gasteiger partial charge in [-0.2, -0.15) is 0 Å². The topological polar surface area (TPSA) is 49.7 Å². The van der Waals surface area contributed by atoms with Crippen molar-refractivity contribution in [3.63, 3.8) is 0 Å². The first-order valence-corrected chi connectivity index (χ1v) is 9.39. The Kier molecular flexibility index (Phi) is 4.44. The molecule has 0 aromatic rings. The summed E-state index contributed by atoms with van der Waals surface area (Å²) in [7, 11) is 0. The third-order valence-electron chi connectivity index (χ3n) is 6.82. The lowest BCUT2D eigenvalue weighted by molar-refractivity contribution is -0.120. The zero-order valence-corrected chi connectivity index (χ0v) is 15.4. The maximum atomic E-state index is 11.1. The highest BCUT2D eigenvalue weighted by molar-refractivity contribution is 5.14. The first-order valence-electron chi connectivity index (χ1n) is 9.39. The van der Waals surface area contributed by atoms with Crippen LogP contribution in [0.15, 0.2) is 11.6 Å². The van der Waals surface area contributed by atoms with Gasteiger partial charge in [0, 0.05) is 5.92 Å². The molecule has 2 aliphatic heterocycles. The maximum absolute atomic E-state index is 11.1. The summed E-state index contributed by atoms with van der Waals surface area (Å²) < 4.78 is 6.48. The standard InChI is InChI=1S/C20H34O3/c1-12(2)14-8-10-19(4,21)17-15-11-13(3)7-6-9-20(5,22)18(23-15)16(14)17/h7,12,14-18,21-22H,6,8-11H2,1-5H3. The van der Waals surface area contributed by atoms with E-state index in [1.165, 1.54) is 5.57 Å². The van der Waals surface area contributed by atoms with Crippen LogP contribution in [0.25, 0.3) is 0 Å². The Bertz CT molecular complexity index is 477. The Morgan fingerprint density at radius 3 is 2.52 bits per heavy atom. The molecule has 0 radical (unpaired) electrons. The van der Waals surface area contributed by atoms with Crippen molar-refractivity contribution in [2.75, 3.05) is 0 Å². The third kappa shape index (κ3) is 3.01. The molecular formula is C20H34O3. The van der Waals surface area contributed by atoms with Gasteiger partial charge >= 0.3 is 0 Å². The molecule has 7 atom stereocenters. The molecule has 2 heterocycles. The molecule has 2 bridgehead atoms. The summed E-state index contributed by atoms with van der Waals surface area (Å²) in [5.41, 5.74) is -0.181. The van der Waals surface area contributed by atoms with Crippen LogP contribution >= 0.6 is 0 Å². The van der Waals surface area contributed by atoms with Crippen LogP contribution in [0.4, 0.5) is 0 Å². The van der Waals surface area contributed by atoms with Crippen LogP contribution in [0.5, 0.6) is 0 Å². The smallest absolute Gasteiger partial charge is 0.0898 e. The fraction of sp³-hybridized carbons (Fsp3) is 0.900. The molecule has 2 fully saturated rings. The van der Waals surface area contributed by atoms with Crippen LogP contribution in [0.3, 0.4) is 0 Å². The molecule has 0 amide bonds. The lowest BCUT2D eigenvalue weighted by Crippen LogP contribution is -2.54. The van der Waals surface area contributed by atoms with Crippen molar-refractivity contribution in [2.24, 2.45) is 23.7 Å². The number of aliphatic hydroxyl groups is 2. The molecule has 3 nitrogen and oxygen atoms in total. The van der Waals surface area contributed by atoms with E-state index in [0.29, 0.717) is 11.8 Å². The highest BCUT2D eigenvalue weighted by Crippen LogP contribution is 2.56. The van der Waals surface area contributed by atoms with Crippen molar-refractivity contribution in [1.82, 2.24) is 0 Å². The van der Waals surface area contributed by atoms with Crippen LogP contribution in [-0.4, -0.2) is 33.6 Å². The van der Waals surface area contributed by atoms with Crippen molar-refractivity contribution in [1.29, 1.82) is 0 Å². The second-order valence-corrected chi connectivity index (χ2v) is 9.15. The Labute approximate surface area is 141 Å². The molecule has 0 aromatic carbocycles. The van der Waals surface area contributed by atoms with Gasteiger partial charge in [0.25, 0.3) is 0 Å². The number of rotatable bonds is 1. The fourth-order valence-electron chi connectivity index (χ4n) is 5.59. The highest BCUT2D eigenvalue weighted by atomic mass is 16.5. The Hall–Kier alpha value is -0.380. The number of fused-ring (bicyclic) bond motifs is 5. The molecule has 132 valence electrons. The summed E-state index contributed by atoms with van der Waals surface area (Å²) in [6.45, 7) is 10.6. The minimum Gasteiger partial charge on any atom is -0.390 e. The number of hydrogen-bond donors (Lipinski definition) is 2. The van der Waals surface area contributed by atoms with E-state index in [9.17, 15) is 10.2 Å². The van der Waals surface area contributed by atoms with Crippen molar-refractivity contribution < 1.29 is 14.9 Å². The maximum Gasteiger partial charge on any atom is 0.0898 e.